The minimum Gasteiger partial charge on any atom is -0.441 e. The molecule has 10 heteroatoms. The molecule has 156 valence electrons. The summed E-state index contributed by atoms with van der Waals surface area (Å²) >= 11 is 0. The van der Waals surface area contributed by atoms with Crippen molar-refractivity contribution < 1.29 is 32.5 Å². The van der Waals surface area contributed by atoms with Crippen LogP contribution in [0.3, 0.4) is 0 Å². The van der Waals surface area contributed by atoms with Crippen LogP contribution in [0.1, 0.15) is 12.8 Å². The van der Waals surface area contributed by atoms with E-state index in [1.165, 1.54) is 0 Å². The van der Waals surface area contributed by atoms with E-state index in [0.717, 1.165) is 29.9 Å². The number of piperidine rings is 1. The fourth-order valence-electron chi connectivity index (χ4n) is 4.34. The number of rotatable bonds is 4. The Morgan fingerprint density at radius 1 is 1.11 bits per heavy atom. The van der Waals surface area contributed by atoms with Gasteiger partial charge in [0, 0.05) is 36.7 Å². The molecule has 3 fully saturated rings. The molecular formula is C18H24F2N2O5S. The minimum absolute atomic E-state index is 0.0412. The van der Waals surface area contributed by atoms with Crippen LogP contribution in [0, 0.1) is 23.5 Å². The Hall–Kier alpha value is -1.62. The van der Waals surface area contributed by atoms with Crippen LogP contribution in [0.15, 0.2) is 12.1 Å². The standard InChI is InChI=1S/C18H24F2N2O5S/c19-15-5-13(22-7-14(8-23)27-18(22)24)6-16(20)17(15)21-3-1-11(2-4-21)12-9-28(25,26)10-12/h5-6,11-12,14,23,25-26H,1-4,7-10H2. The Kier molecular flexibility index (Phi) is 5.15. The zero-order chi connectivity index (χ0) is 20.1. The molecule has 28 heavy (non-hydrogen) atoms. The SMILES string of the molecule is O=C1OC(CO)CN1c1cc(F)c(N2CCC(C3CS(O)(O)C3)CC2)c(F)c1. The minimum atomic E-state index is -2.37. The van der Waals surface area contributed by atoms with Gasteiger partial charge in [-0.15, -0.1) is 0 Å². The van der Waals surface area contributed by atoms with Crippen LogP contribution in [0.5, 0.6) is 0 Å². The fraction of sp³-hybridized carbons (Fsp3) is 0.611. The van der Waals surface area contributed by atoms with Crippen molar-refractivity contribution in [3.05, 3.63) is 23.8 Å². The number of ether oxygens (including phenoxy) is 1. The lowest BCUT2D eigenvalue weighted by molar-refractivity contribution is 0.0963. The summed E-state index contributed by atoms with van der Waals surface area (Å²) in [4.78, 5) is 14.6. The van der Waals surface area contributed by atoms with Gasteiger partial charge in [-0.25, -0.2) is 13.6 Å². The second kappa shape index (κ2) is 7.33. The van der Waals surface area contributed by atoms with E-state index < -0.39 is 34.4 Å². The smallest absolute Gasteiger partial charge is 0.414 e. The van der Waals surface area contributed by atoms with Crippen molar-refractivity contribution in [2.75, 3.05) is 47.5 Å². The number of hydrogen-bond acceptors (Lipinski definition) is 6. The molecule has 4 rings (SSSR count). The third-order valence-corrected chi connectivity index (χ3v) is 7.80. The number of aliphatic hydroxyl groups is 1. The Labute approximate surface area is 163 Å². The first-order valence-electron chi connectivity index (χ1n) is 9.34. The average Bonchev–Trinajstić information content (AvgIpc) is 3.00. The summed E-state index contributed by atoms with van der Waals surface area (Å²) in [6.07, 6.45) is 0.0506. The number of carbonyl (C=O) groups is 1. The molecule has 3 N–H and O–H groups in total. The number of anilines is 2. The van der Waals surface area contributed by atoms with Gasteiger partial charge in [0.1, 0.15) is 11.8 Å². The first-order chi connectivity index (χ1) is 13.3. The van der Waals surface area contributed by atoms with Gasteiger partial charge in [-0.1, -0.05) is 0 Å². The summed E-state index contributed by atoms with van der Waals surface area (Å²) in [6.45, 7) is 0.674. The number of hydrogen-bond donors (Lipinski definition) is 3. The molecule has 0 bridgehead atoms. The molecule has 0 saturated carbocycles. The van der Waals surface area contributed by atoms with Gasteiger partial charge in [0.2, 0.25) is 0 Å². The lowest BCUT2D eigenvalue weighted by Crippen LogP contribution is -2.44. The van der Waals surface area contributed by atoms with Gasteiger partial charge in [-0.05, 0) is 24.7 Å². The molecule has 1 unspecified atom stereocenters. The number of aliphatic hydroxyl groups excluding tert-OH is 1. The summed E-state index contributed by atoms with van der Waals surface area (Å²) in [6, 6.07) is 2.24. The molecule has 1 aromatic carbocycles. The van der Waals surface area contributed by atoms with Crippen LogP contribution < -0.4 is 9.80 Å². The van der Waals surface area contributed by atoms with Gasteiger partial charge in [0.05, 0.1) is 18.8 Å². The first kappa shape index (κ1) is 19.7. The third-order valence-electron chi connectivity index (χ3n) is 5.88. The second-order valence-corrected chi connectivity index (χ2v) is 10.0. The number of nitrogens with zero attached hydrogens (tertiary/aromatic N) is 2. The van der Waals surface area contributed by atoms with Crippen LogP contribution in [0.2, 0.25) is 0 Å². The molecule has 0 aliphatic carbocycles. The topological polar surface area (TPSA) is 93.5 Å². The summed E-state index contributed by atoms with van der Waals surface area (Å²) in [5.74, 6) is 0.0189. The molecule has 1 amide bonds. The van der Waals surface area contributed by atoms with Gasteiger partial charge in [-0.3, -0.25) is 14.0 Å². The Balaban J connectivity index is 1.44. The average molecular weight is 418 g/mol. The van der Waals surface area contributed by atoms with Crippen LogP contribution in [0.25, 0.3) is 0 Å². The fourth-order valence-corrected chi connectivity index (χ4v) is 6.16. The quantitative estimate of drug-likeness (QED) is 0.696. The third kappa shape index (κ3) is 3.66. The van der Waals surface area contributed by atoms with E-state index in [-0.39, 0.29) is 30.4 Å². The Morgan fingerprint density at radius 2 is 1.71 bits per heavy atom. The largest absolute Gasteiger partial charge is 0.441 e. The van der Waals surface area contributed by atoms with Gasteiger partial charge in [0.25, 0.3) is 0 Å². The summed E-state index contributed by atoms with van der Waals surface area (Å²) in [5, 5.41) is 9.10. The normalized spacial score (nSPS) is 26.9. The van der Waals surface area contributed by atoms with Crippen molar-refractivity contribution in [1.29, 1.82) is 0 Å². The van der Waals surface area contributed by atoms with E-state index in [0.29, 0.717) is 30.5 Å². The molecule has 0 spiro atoms. The van der Waals surface area contributed by atoms with Crippen LogP contribution in [-0.2, 0) is 4.74 Å². The van der Waals surface area contributed by atoms with Crippen molar-refractivity contribution in [3.8, 4) is 0 Å². The number of amides is 1. The van der Waals surface area contributed by atoms with E-state index in [2.05, 4.69) is 0 Å². The van der Waals surface area contributed by atoms with Crippen LogP contribution >= 0.6 is 10.6 Å². The lowest BCUT2D eigenvalue weighted by atomic mass is 9.85. The van der Waals surface area contributed by atoms with E-state index >= 15 is 0 Å². The molecule has 3 heterocycles. The molecular weight excluding hydrogens is 394 g/mol. The maximum absolute atomic E-state index is 14.7. The van der Waals surface area contributed by atoms with Crippen LogP contribution in [0.4, 0.5) is 25.0 Å². The van der Waals surface area contributed by atoms with Gasteiger partial charge >= 0.3 is 6.09 Å². The maximum atomic E-state index is 14.7. The van der Waals surface area contributed by atoms with E-state index in [9.17, 15) is 22.7 Å². The van der Waals surface area contributed by atoms with Crippen molar-refractivity contribution in [3.63, 3.8) is 0 Å². The summed E-state index contributed by atoms with van der Waals surface area (Å²) in [7, 11) is -2.37. The van der Waals surface area contributed by atoms with Crippen molar-refractivity contribution in [2.45, 2.75) is 18.9 Å². The summed E-state index contributed by atoms with van der Waals surface area (Å²) < 4.78 is 53.5. The van der Waals surface area contributed by atoms with Gasteiger partial charge in [-0.2, -0.15) is 10.6 Å². The van der Waals surface area contributed by atoms with Gasteiger partial charge < -0.3 is 14.7 Å². The summed E-state index contributed by atoms with van der Waals surface area (Å²) in [5.41, 5.74) is -0.0411. The number of halogens is 2. The first-order valence-corrected chi connectivity index (χ1v) is 11.2. The van der Waals surface area contributed by atoms with E-state index in [1.54, 1.807) is 4.90 Å². The molecule has 3 aliphatic rings. The Morgan fingerprint density at radius 3 is 2.21 bits per heavy atom. The number of cyclic esters (lactones) is 1. The van der Waals surface area contributed by atoms with E-state index in [1.807, 2.05) is 0 Å². The molecule has 0 aromatic heterocycles. The van der Waals surface area contributed by atoms with Crippen molar-refractivity contribution in [1.82, 2.24) is 0 Å². The molecule has 1 atom stereocenters. The molecule has 7 nitrogen and oxygen atoms in total. The number of benzene rings is 1. The van der Waals surface area contributed by atoms with Gasteiger partial charge in [0.15, 0.2) is 11.6 Å². The van der Waals surface area contributed by atoms with Crippen molar-refractivity contribution in [2.24, 2.45) is 11.8 Å². The highest BCUT2D eigenvalue weighted by Gasteiger charge is 2.40. The maximum Gasteiger partial charge on any atom is 0.414 e. The van der Waals surface area contributed by atoms with E-state index in [4.69, 9.17) is 9.84 Å². The van der Waals surface area contributed by atoms with Crippen molar-refractivity contribution >= 4 is 28.1 Å². The predicted octanol–water partition coefficient (Wildman–Crippen LogP) is 2.88. The molecule has 0 radical (unpaired) electrons. The highest BCUT2D eigenvalue weighted by molar-refractivity contribution is 8.25. The second-order valence-electron chi connectivity index (χ2n) is 7.78. The highest BCUT2D eigenvalue weighted by Crippen LogP contribution is 2.55. The molecule has 3 saturated heterocycles. The highest BCUT2D eigenvalue weighted by atomic mass is 32.3. The lowest BCUT2D eigenvalue weighted by Gasteiger charge is -2.51. The number of carbonyl (C=O) groups excluding carboxylic acids is 1. The predicted molar refractivity (Wildman–Crippen MR) is 102 cm³/mol. The zero-order valence-corrected chi connectivity index (χ0v) is 16.1. The van der Waals surface area contributed by atoms with Crippen LogP contribution in [-0.4, -0.2) is 64.2 Å². The monoisotopic (exact) mass is 418 g/mol. The molecule has 3 aliphatic heterocycles. The zero-order valence-electron chi connectivity index (χ0n) is 15.3. The Bertz CT molecular complexity index is 741. The molecule has 1 aromatic rings.